The van der Waals surface area contributed by atoms with E-state index < -0.39 is 17.8 Å². The van der Waals surface area contributed by atoms with Crippen LogP contribution in [-0.2, 0) is 19.1 Å². The molecular formula is C24H28FN3O4S. The average molecular weight is 474 g/mol. The fourth-order valence-corrected chi connectivity index (χ4v) is 5.49. The zero-order valence-electron chi connectivity index (χ0n) is 19.2. The number of fused-ring (bicyclic) bond motifs is 1. The van der Waals surface area contributed by atoms with Gasteiger partial charge in [0.2, 0.25) is 5.91 Å². The molecule has 4 rings (SSSR count). The van der Waals surface area contributed by atoms with E-state index in [4.69, 9.17) is 9.47 Å². The quantitative estimate of drug-likeness (QED) is 0.603. The highest BCUT2D eigenvalue weighted by Crippen LogP contribution is 2.46. The minimum absolute atomic E-state index is 0.0381. The normalized spacial score (nSPS) is 24.9. The molecule has 3 aliphatic heterocycles. The number of morpholine rings is 1. The first kappa shape index (κ1) is 23.5. The number of benzene rings is 1. The van der Waals surface area contributed by atoms with Gasteiger partial charge in [-0.1, -0.05) is 36.9 Å². The van der Waals surface area contributed by atoms with Crippen molar-refractivity contribution in [3.8, 4) is 0 Å². The Hall–Kier alpha value is -2.65. The maximum absolute atomic E-state index is 15.0. The number of nitrogens with zero attached hydrogens (tertiary/aromatic N) is 3. The molecule has 7 nitrogen and oxygen atoms in total. The zero-order valence-corrected chi connectivity index (χ0v) is 20.0. The molecule has 1 amide bonds. The molecule has 0 unspecified atom stereocenters. The van der Waals surface area contributed by atoms with E-state index >= 15 is 4.39 Å². The van der Waals surface area contributed by atoms with Crippen LogP contribution in [0.15, 0.2) is 51.6 Å². The molecule has 9 heteroatoms. The summed E-state index contributed by atoms with van der Waals surface area (Å²) in [6, 6.07) is 5.61. The van der Waals surface area contributed by atoms with Crippen LogP contribution >= 0.6 is 11.8 Å². The molecule has 33 heavy (non-hydrogen) atoms. The molecule has 0 bridgehead atoms. The van der Waals surface area contributed by atoms with Crippen LogP contribution < -0.4 is 0 Å². The number of rotatable bonds is 5. The summed E-state index contributed by atoms with van der Waals surface area (Å²) in [7, 11) is 1.31. The van der Waals surface area contributed by atoms with Crippen LogP contribution in [0.4, 0.5) is 4.39 Å². The summed E-state index contributed by atoms with van der Waals surface area (Å²) in [5.74, 6) is -1.03. The van der Waals surface area contributed by atoms with Crippen LogP contribution in [0.25, 0.3) is 0 Å². The molecule has 1 aromatic rings. The van der Waals surface area contributed by atoms with Gasteiger partial charge in [0.15, 0.2) is 5.17 Å². The maximum atomic E-state index is 15.0. The second-order valence-corrected chi connectivity index (χ2v) is 9.19. The van der Waals surface area contributed by atoms with Gasteiger partial charge < -0.3 is 19.3 Å². The third-order valence-electron chi connectivity index (χ3n) is 5.93. The van der Waals surface area contributed by atoms with E-state index in [1.807, 2.05) is 26.2 Å². The van der Waals surface area contributed by atoms with E-state index in [1.54, 1.807) is 28.0 Å². The zero-order chi connectivity index (χ0) is 23.7. The second-order valence-electron chi connectivity index (χ2n) is 8.35. The summed E-state index contributed by atoms with van der Waals surface area (Å²) in [6.07, 6.45) is 0.532. The third-order valence-corrected chi connectivity index (χ3v) is 6.82. The molecule has 1 aromatic carbocycles. The van der Waals surface area contributed by atoms with Crippen LogP contribution in [0.3, 0.4) is 0 Å². The van der Waals surface area contributed by atoms with Crippen molar-refractivity contribution in [1.29, 1.82) is 0 Å². The van der Waals surface area contributed by atoms with Gasteiger partial charge in [-0.15, -0.1) is 0 Å². The maximum Gasteiger partial charge on any atom is 0.338 e. The highest BCUT2D eigenvalue weighted by Gasteiger charge is 2.43. The number of carbonyl (C=O) groups is 2. The summed E-state index contributed by atoms with van der Waals surface area (Å²) in [6.45, 7) is 6.84. The monoisotopic (exact) mass is 473 g/mol. The van der Waals surface area contributed by atoms with E-state index in [2.05, 4.69) is 4.99 Å². The topological polar surface area (TPSA) is 71.4 Å². The number of esters is 1. The van der Waals surface area contributed by atoms with Gasteiger partial charge in [-0.2, -0.15) is 0 Å². The van der Waals surface area contributed by atoms with Crippen LogP contribution in [0, 0.1) is 5.82 Å². The summed E-state index contributed by atoms with van der Waals surface area (Å²) < 4.78 is 25.8. The fraction of sp³-hybridized carbons (Fsp3) is 0.458. The van der Waals surface area contributed by atoms with Crippen molar-refractivity contribution in [2.75, 3.05) is 20.2 Å². The Morgan fingerprint density at radius 1 is 1.24 bits per heavy atom. The Bertz CT molecular complexity index is 1040. The fourth-order valence-electron chi connectivity index (χ4n) is 4.55. The van der Waals surface area contributed by atoms with Crippen LogP contribution in [0.2, 0.25) is 0 Å². The van der Waals surface area contributed by atoms with Crippen molar-refractivity contribution in [3.63, 3.8) is 0 Å². The van der Waals surface area contributed by atoms with Crippen molar-refractivity contribution < 1.29 is 23.5 Å². The number of thioether (sulfide) groups is 1. The number of carbonyl (C=O) groups excluding carboxylic acids is 2. The number of ether oxygens (including phenoxy) is 2. The molecule has 3 atom stereocenters. The first-order valence-corrected chi connectivity index (χ1v) is 11.9. The Labute approximate surface area is 197 Å². The van der Waals surface area contributed by atoms with Crippen LogP contribution in [0.1, 0.15) is 45.2 Å². The summed E-state index contributed by atoms with van der Waals surface area (Å²) in [5, 5.41) is 2.49. The van der Waals surface area contributed by atoms with E-state index in [9.17, 15) is 9.59 Å². The lowest BCUT2D eigenvalue weighted by atomic mass is 9.92. The molecule has 3 aliphatic rings. The minimum Gasteiger partial charge on any atom is -0.466 e. The number of halogens is 1. The SMILES string of the molecule is CCC1=C(C(=O)OC)[C@@H](c2ccccc2F)N2C(CC(=O)N3C[C@@H](C)O[C@@H](C)C3)=CSC2=N1. The van der Waals surface area contributed by atoms with E-state index in [1.165, 1.54) is 24.9 Å². The molecule has 0 aromatic heterocycles. The van der Waals surface area contributed by atoms with Gasteiger partial charge >= 0.3 is 5.97 Å². The lowest BCUT2D eigenvalue weighted by molar-refractivity contribution is -0.142. The van der Waals surface area contributed by atoms with Gasteiger partial charge in [0, 0.05) is 24.4 Å². The molecule has 0 saturated carbocycles. The molecule has 1 saturated heterocycles. The molecular weight excluding hydrogens is 445 g/mol. The summed E-state index contributed by atoms with van der Waals surface area (Å²) in [5.41, 5.74) is 1.88. The van der Waals surface area contributed by atoms with Crippen molar-refractivity contribution in [2.24, 2.45) is 4.99 Å². The summed E-state index contributed by atoms with van der Waals surface area (Å²) in [4.78, 5) is 34.3. The largest absolute Gasteiger partial charge is 0.466 e. The second kappa shape index (κ2) is 9.69. The lowest BCUT2D eigenvalue weighted by Crippen LogP contribution is -2.48. The van der Waals surface area contributed by atoms with Crippen molar-refractivity contribution >= 4 is 28.8 Å². The van der Waals surface area contributed by atoms with Crippen LogP contribution in [-0.4, -0.2) is 59.3 Å². The molecule has 0 radical (unpaired) electrons. The lowest BCUT2D eigenvalue weighted by Gasteiger charge is -2.38. The molecule has 0 N–H and O–H groups in total. The molecule has 3 heterocycles. The van der Waals surface area contributed by atoms with E-state index in [0.717, 1.165) is 0 Å². The number of aliphatic imine (C=N–C) groups is 1. The highest BCUT2D eigenvalue weighted by molar-refractivity contribution is 8.16. The standard InChI is InChI=1S/C24H28FN3O4S/c1-5-19-21(23(30)31-4)22(17-8-6-7-9-18(17)25)28-16(13-33-24(28)26-19)10-20(29)27-11-14(2)32-15(3)12-27/h6-9,13-15,22H,5,10-12H2,1-4H3/t14-,15+,22-/m1/s1. The van der Waals surface area contributed by atoms with Gasteiger partial charge in [0.05, 0.1) is 43.1 Å². The van der Waals surface area contributed by atoms with Crippen molar-refractivity contribution in [1.82, 2.24) is 9.80 Å². The molecule has 0 spiro atoms. The van der Waals surface area contributed by atoms with Gasteiger partial charge in [-0.25, -0.2) is 14.2 Å². The van der Waals surface area contributed by atoms with Crippen molar-refractivity contribution in [3.05, 3.63) is 58.0 Å². The summed E-state index contributed by atoms with van der Waals surface area (Å²) >= 11 is 1.38. The van der Waals surface area contributed by atoms with Gasteiger partial charge in [0.1, 0.15) is 5.82 Å². The Morgan fingerprint density at radius 2 is 1.94 bits per heavy atom. The minimum atomic E-state index is -0.766. The number of methoxy groups -OCH3 is 1. The smallest absolute Gasteiger partial charge is 0.338 e. The Balaban J connectivity index is 1.71. The Kier molecular flexibility index (Phi) is 6.90. The number of amidine groups is 1. The number of amides is 1. The number of hydrogen-bond donors (Lipinski definition) is 0. The first-order chi connectivity index (χ1) is 15.8. The van der Waals surface area contributed by atoms with Crippen LogP contribution in [0.5, 0.6) is 0 Å². The van der Waals surface area contributed by atoms with E-state index in [-0.39, 0.29) is 24.5 Å². The predicted octanol–water partition coefficient (Wildman–Crippen LogP) is 3.99. The third kappa shape index (κ3) is 4.56. The highest BCUT2D eigenvalue weighted by atomic mass is 32.2. The average Bonchev–Trinajstić information content (AvgIpc) is 3.19. The van der Waals surface area contributed by atoms with Crippen molar-refractivity contribution in [2.45, 2.75) is 51.9 Å². The van der Waals surface area contributed by atoms with Gasteiger partial charge in [-0.05, 0) is 31.7 Å². The molecule has 176 valence electrons. The number of hydrogen-bond acceptors (Lipinski definition) is 7. The predicted molar refractivity (Wildman–Crippen MR) is 125 cm³/mol. The van der Waals surface area contributed by atoms with Gasteiger partial charge in [0.25, 0.3) is 0 Å². The first-order valence-electron chi connectivity index (χ1n) is 11.1. The van der Waals surface area contributed by atoms with E-state index in [0.29, 0.717) is 47.2 Å². The molecule has 0 aliphatic carbocycles. The van der Waals surface area contributed by atoms with Gasteiger partial charge in [-0.3, -0.25) is 4.79 Å². The Morgan fingerprint density at radius 3 is 2.58 bits per heavy atom. The number of allylic oxidation sites excluding steroid dienone is 1. The molecule has 1 fully saturated rings.